The smallest absolute Gasteiger partial charge is 0.296 e. The van der Waals surface area contributed by atoms with Crippen LogP contribution in [0.4, 0.5) is 21.5 Å². The van der Waals surface area contributed by atoms with E-state index in [-0.39, 0.29) is 29.7 Å². The van der Waals surface area contributed by atoms with Gasteiger partial charge in [-0.15, -0.1) is 0 Å². The SMILES string of the molecule is CCN(C(C)=O)c1cc(N2CCN(C(C)=O)CC2)c(F)cc1[N+](=O)[O-]. The molecule has 1 heterocycles. The van der Waals surface area contributed by atoms with Gasteiger partial charge in [-0.2, -0.15) is 0 Å². The zero-order chi connectivity index (χ0) is 18.7. The van der Waals surface area contributed by atoms with E-state index >= 15 is 0 Å². The van der Waals surface area contributed by atoms with Crippen LogP contribution in [0, 0.1) is 15.9 Å². The molecule has 0 atom stereocenters. The van der Waals surface area contributed by atoms with Gasteiger partial charge in [-0.25, -0.2) is 4.39 Å². The molecule has 9 heteroatoms. The minimum atomic E-state index is -0.716. The number of piperazine rings is 1. The van der Waals surface area contributed by atoms with Crippen LogP contribution in [0.1, 0.15) is 20.8 Å². The van der Waals surface area contributed by atoms with Crippen LogP contribution in [-0.2, 0) is 9.59 Å². The molecule has 0 radical (unpaired) electrons. The lowest BCUT2D eigenvalue weighted by molar-refractivity contribution is -0.384. The van der Waals surface area contributed by atoms with Gasteiger partial charge in [0.25, 0.3) is 5.69 Å². The van der Waals surface area contributed by atoms with Gasteiger partial charge in [0.15, 0.2) is 5.82 Å². The summed E-state index contributed by atoms with van der Waals surface area (Å²) in [6, 6.07) is 2.20. The van der Waals surface area contributed by atoms with E-state index in [2.05, 4.69) is 0 Å². The molecule has 0 saturated carbocycles. The van der Waals surface area contributed by atoms with Crippen molar-refractivity contribution in [1.29, 1.82) is 0 Å². The van der Waals surface area contributed by atoms with Crippen LogP contribution >= 0.6 is 0 Å². The van der Waals surface area contributed by atoms with Crippen LogP contribution in [0.3, 0.4) is 0 Å². The van der Waals surface area contributed by atoms with Crippen LogP contribution in [0.2, 0.25) is 0 Å². The number of anilines is 2. The van der Waals surface area contributed by atoms with E-state index in [1.807, 2.05) is 0 Å². The topological polar surface area (TPSA) is 87.0 Å². The molecular weight excluding hydrogens is 331 g/mol. The molecule has 0 aromatic heterocycles. The molecule has 8 nitrogen and oxygen atoms in total. The summed E-state index contributed by atoms with van der Waals surface area (Å²) in [5.74, 6) is -1.12. The number of hydrogen-bond donors (Lipinski definition) is 0. The van der Waals surface area contributed by atoms with Crippen molar-refractivity contribution in [3.05, 3.63) is 28.1 Å². The van der Waals surface area contributed by atoms with Gasteiger partial charge in [0.05, 0.1) is 16.7 Å². The first-order valence-corrected chi connectivity index (χ1v) is 8.02. The number of amides is 2. The van der Waals surface area contributed by atoms with Gasteiger partial charge in [-0.05, 0) is 13.0 Å². The number of nitro benzene ring substituents is 1. The quantitative estimate of drug-likeness (QED) is 0.609. The largest absolute Gasteiger partial charge is 0.366 e. The van der Waals surface area contributed by atoms with Gasteiger partial charge < -0.3 is 14.7 Å². The molecule has 25 heavy (non-hydrogen) atoms. The summed E-state index contributed by atoms with van der Waals surface area (Å²) in [5.41, 5.74) is -0.172. The van der Waals surface area contributed by atoms with Crippen LogP contribution in [0.5, 0.6) is 0 Å². The first-order valence-electron chi connectivity index (χ1n) is 8.02. The van der Waals surface area contributed by atoms with Gasteiger partial charge >= 0.3 is 0 Å². The van der Waals surface area contributed by atoms with E-state index in [0.29, 0.717) is 26.2 Å². The third-order valence-corrected chi connectivity index (χ3v) is 4.29. The molecule has 1 saturated heterocycles. The fourth-order valence-electron chi connectivity index (χ4n) is 2.97. The summed E-state index contributed by atoms with van der Waals surface area (Å²) >= 11 is 0. The Morgan fingerprint density at radius 2 is 1.84 bits per heavy atom. The van der Waals surface area contributed by atoms with Crippen LogP contribution in [0.25, 0.3) is 0 Å². The number of hydrogen-bond acceptors (Lipinski definition) is 5. The standard InChI is InChI=1S/C16H21FN4O4/c1-4-20(12(3)23)15-10-14(13(17)9-16(15)21(24)25)19-7-5-18(6-8-19)11(2)22/h9-10H,4-8H2,1-3H3. The van der Waals surface area contributed by atoms with Crippen molar-refractivity contribution in [3.63, 3.8) is 0 Å². The Hall–Kier alpha value is -2.71. The summed E-state index contributed by atoms with van der Waals surface area (Å²) in [5, 5.41) is 11.3. The van der Waals surface area contributed by atoms with E-state index in [9.17, 15) is 24.1 Å². The number of rotatable bonds is 4. The minimum Gasteiger partial charge on any atom is -0.366 e. The second kappa shape index (κ2) is 7.45. The Morgan fingerprint density at radius 3 is 2.28 bits per heavy atom. The molecule has 1 aromatic rings. The maximum absolute atomic E-state index is 14.5. The average molecular weight is 352 g/mol. The van der Waals surface area contributed by atoms with Crippen molar-refractivity contribution in [2.45, 2.75) is 20.8 Å². The highest BCUT2D eigenvalue weighted by molar-refractivity contribution is 5.94. The van der Waals surface area contributed by atoms with E-state index in [4.69, 9.17) is 0 Å². The molecule has 0 spiro atoms. The minimum absolute atomic E-state index is 0.0433. The zero-order valence-corrected chi connectivity index (χ0v) is 14.5. The van der Waals surface area contributed by atoms with Crippen molar-refractivity contribution in [2.75, 3.05) is 42.5 Å². The van der Waals surface area contributed by atoms with Crippen LogP contribution < -0.4 is 9.80 Å². The lowest BCUT2D eigenvalue weighted by atomic mass is 10.1. The van der Waals surface area contributed by atoms with Crippen LogP contribution in [0.15, 0.2) is 12.1 Å². The second-order valence-corrected chi connectivity index (χ2v) is 5.81. The fourth-order valence-corrected chi connectivity index (χ4v) is 2.97. The summed E-state index contributed by atoms with van der Waals surface area (Å²) in [4.78, 5) is 38.4. The molecule has 0 unspecified atom stereocenters. The maximum Gasteiger partial charge on any atom is 0.296 e. The van der Waals surface area contributed by atoms with Gasteiger partial charge in [-0.1, -0.05) is 0 Å². The molecule has 1 fully saturated rings. The van der Waals surface area contributed by atoms with Crippen molar-refractivity contribution >= 4 is 28.9 Å². The summed E-state index contributed by atoms with van der Waals surface area (Å²) in [6.07, 6.45) is 0. The molecule has 1 aromatic carbocycles. The molecule has 2 amide bonds. The highest BCUT2D eigenvalue weighted by Gasteiger charge is 2.28. The van der Waals surface area contributed by atoms with E-state index < -0.39 is 16.4 Å². The second-order valence-electron chi connectivity index (χ2n) is 5.81. The van der Waals surface area contributed by atoms with E-state index in [1.165, 1.54) is 24.8 Å². The van der Waals surface area contributed by atoms with E-state index in [1.54, 1.807) is 16.7 Å². The lowest BCUT2D eigenvalue weighted by Crippen LogP contribution is -2.48. The Bertz CT molecular complexity index is 702. The molecule has 1 aliphatic heterocycles. The lowest BCUT2D eigenvalue weighted by Gasteiger charge is -2.36. The first-order chi connectivity index (χ1) is 11.8. The Kier molecular flexibility index (Phi) is 5.55. The van der Waals surface area contributed by atoms with Crippen molar-refractivity contribution in [2.24, 2.45) is 0 Å². The van der Waals surface area contributed by atoms with Gasteiger partial charge in [0.2, 0.25) is 11.8 Å². The summed E-state index contributed by atoms with van der Waals surface area (Å²) in [6.45, 7) is 6.45. The van der Waals surface area contributed by atoms with Gasteiger partial charge in [-0.3, -0.25) is 19.7 Å². The number of carbonyl (C=O) groups excluding carboxylic acids is 2. The maximum atomic E-state index is 14.5. The third-order valence-electron chi connectivity index (χ3n) is 4.29. The molecule has 0 bridgehead atoms. The van der Waals surface area contributed by atoms with Crippen molar-refractivity contribution < 1.29 is 18.9 Å². The third kappa shape index (κ3) is 3.86. The fraction of sp³-hybridized carbons (Fsp3) is 0.500. The molecule has 2 rings (SSSR count). The molecular formula is C16H21FN4O4. The Morgan fingerprint density at radius 1 is 1.24 bits per heavy atom. The normalized spacial score (nSPS) is 14.4. The Balaban J connectivity index is 2.41. The predicted octanol–water partition coefficient (Wildman–Crippen LogP) is 1.78. The molecule has 136 valence electrons. The predicted molar refractivity (Wildman–Crippen MR) is 91.2 cm³/mol. The van der Waals surface area contributed by atoms with E-state index in [0.717, 1.165) is 6.07 Å². The molecule has 0 aliphatic carbocycles. The number of halogens is 1. The first kappa shape index (κ1) is 18.6. The number of nitro groups is 1. The summed E-state index contributed by atoms with van der Waals surface area (Å²) < 4.78 is 14.5. The van der Waals surface area contributed by atoms with Crippen molar-refractivity contribution in [3.8, 4) is 0 Å². The number of nitrogens with zero attached hydrogens (tertiary/aromatic N) is 4. The zero-order valence-electron chi connectivity index (χ0n) is 14.5. The molecule has 0 N–H and O–H groups in total. The highest BCUT2D eigenvalue weighted by Crippen LogP contribution is 2.35. The van der Waals surface area contributed by atoms with Crippen LogP contribution in [-0.4, -0.2) is 54.4 Å². The number of carbonyl (C=O) groups is 2. The Labute approximate surface area is 144 Å². The van der Waals surface area contributed by atoms with Gasteiger partial charge in [0.1, 0.15) is 5.69 Å². The molecule has 1 aliphatic rings. The average Bonchev–Trinajstić information content (AvgIpc) is 2.56. The summed E-state index contributed by atoms with van der Waals surface area (Å²) in [7, 11) is 0. The highest BCUT2D eigenvalue weighted by atomic mass is 19.1. The van der Waals surface area contributed by atoms with Gasteiger partial charge in [0, 0.05) is 46.6 Å². The monoisotopic (exact) mass is 352 g/mol. The van der Waals surface area contributed by atoms with Crippen molar-refractivity contribution in [1.82, 2.24) is 4.90 Å². The number of benzene rings is 1.